The molecular weight excluding hydrogens is 272 g/mol. The molecule has 2 aromatic carbocycles. The van der Waals surface area contributed by atoms with Crippen molar-refractivity contribution in [3.8, 4) is 5.75 Å². The molecule has 0 unspecified atom stereocenters. The minimum atomic E-state index is 0.690. The van der Waals surface area contributed by atoms with E-state index in [0.717, 1.165) is 18.0 Å². The fourth-order valence-electron chi connectivity index (χ4n) is 1.88. The average Bonchev–Trinajstić information content (AvgIpc) is 2.47. The minimum Gasteiger partial charge on any atom is -0.497 e. The zero-order valence-electron chi connectivity index (χ0n) is 12.0. The van der Waals surface area contributed by atoms with Crippen molar-refractivity contribution in [3.63, 3.8) is 0 Å². The molecule has 0 aliphatic rings. The molecule has 0 bridgehead atoms. The SMILES string of the molecule is COc1ccc(Cl)c(NCc2ccc(N(C)C)cc2)c1. The highest BCUT2D eigenvalue weighted by Crippen LogP contribution is 2.27. The van der Waals surface area contributed by atoms with Crippen LogP contribution in [-0.2, 0) is 6.54 Å². The van der Waals surface area contributed by atoms with Gasteiger partial charge in [0.1, 0.15) is 5.75 Å². The third kappa shape index (κ3) is 3.58. The zero-order chi connectivity index (χ0) is 14.5. The van der Waals surface area contributed by atoms with Crippen molar-refractivity contribution in [2.75, 3.05) is 31.4 Å². The standard InChI is InChI=1S/C16H19ClN2O/c1-19(2)13-6-4-12(5-7-13)11-18-16-10-14(20-3)8-9-15(16)17/h4-10,18H,11H2,1-3H3. The molecular formula is C16H19ClN2O. The Hall–Kier alpha value is -1.87. The molecule has 1 N–H and O–H groups in total. The van der Waals surface area contributed by atoms with E-state index in [1.54, 1.807) is 7.11 Å². The van der Waals surface area contributed by atoms with Crippen LogP contribution in [0.3, 0.4) is 0 Å². The molecule has 106 valence electrons. The lowest BCUT2D eigenvalue weighted by molar-refractivity contribution is 0.415. The summed E-state index contributed by atoms with van der Waals surface area (Å²) in [6.45, 7) is 0.723. The monoisotopic (exact) mass is 290 g/mol. The molecule has 0 atom stereocenters. The van der Waals surface area contributed by atoms with Gasteiger partial charge < -0.3 is 15.0 Å². The number of nitrogens with one attached hydrogen (secondary N) is 1. The summed E-state index contributed by atoms with van der Waals surface area (Å²) in [4.78, 5) is 2.08. The molecule has 0 aliphatic carbocycles. The lowest BCUT2D eigenvalue weighted by Crippen LogP contribution is -2.08. The second-order valence-electron chi connectivity index (χ2n) is 4.76. The first-order valence-corrected chi connectivity index (χ1v) is 6.81. The first-order valence-electron chi connectivity index (χ1n) is 6.44. The molecule has 0 radical (unpaired) electrons. The van der Waals surface area contributed by atoms with E-state index >= 15 is 0 Å². The molecule has 20 heavy (non-hydrogen) atoms. The van der Waals surface area contributed by atoms with Crippen molar-refractivity contribution in [1.29, 1.82) is 0 Å². The Morgan fingerprint density at radius 1 is 1.10 bits per heavy atom. The lowest BCUT2D eigenvalue weighted by Gasteiger charge is -2.14. The number of halogens is 1. The van der Waals surface area contributed by atoms with Crippen LogP contribution in [0.2, 0.25) is 5.02 Å². The molecule has 0 saturated carbocycles. The van der Waals surface area contributed by atoms with Gasteiger partial charge in [0.25, 0.3) is 0 Å². The van der Waals surface area contributed by atoms with Gasteiger partial charge in [0.15, 0.2) is 0 Å². The molecule has 0 spiro atoms. The summed E-state index contributed by atoms with van der Waals surface area (Å²) in [5, 5.41) is 4.02. The van der Waals surface area contributed by atoms with Gasteiger partial charge in [-0.15, -0.1) is 0 Å². The van der Waals surface area contributed by atoms with Gasteiger partial charge in [-0.2, -0.15) is 0 Å². The van der Waals surface area contributed by atoms with E-state index in [1.165, 1.54) is 11.3 Å². The predicted octanol–water partition coefficient (Wildman–Crippen LogP) is 4.03. The molecule has 2 rings (SSSR count). The van der Waals surface area contributed by atoms with Gasteiger partial charge in [-0.05, 0) is 29.8 Å². The topological polar surface area (TPSA) is 24.5 Å². The number of rotatable bonds is 5. The Morgan fingerprint density at radius 3 is 2.40 bits per heavy atom. The van der Waals surface area contributed by atoms with Gasteiger partial charge in [0.05, 0.1) is 17.8 Å². The minimum absolute atomic E-state index is 0.690. The zero-order valence-corrected chi connectivity index (χ0v) is 12.7. The maximum absolute atomic E-state index is 6.16. The van der Waals surface area contributed by atoms with E-state index < -0.39 is 0 Å². The van der Waals surface area contributed by atoms with Crippen molar-refractivity contribution in [3.05, 3.63) is 53.1 Å². The number of hydrogen-bond donors (Lipinski definition) is 1. The van der Waals surface area contributed by atoms with Crippen molar-refractivity contribution < 1.29 is 4.74 Å². The van der Waals surface area contributed by atoms with Crippen molar-refractivity contribution in [2.45, 2.75) is 6.54 Å². The Bertz CT molecular complexity index is 567. The van der Waals surface area contributed by atoms with Gasteiger partial charge >= 0.3 is 0 Å². The normalized spacial score (nSPS) is 10.2. The van der Waals surface area contributed by atoms with Crippen LogP contribution in [0, 0.1) is 0 Å². The molecule has 3 nitrogen and oxygen atoms in total. The average molecular weight is 291 g/mol. The third-order valence-corrected chi connectivity index (χ3v) is 3.44. The highest BCUT2D eigenvalue weighted by molar-refractivity contribution is 6.33. The van der Waals surface area contributed by atoms with Crippen LogP contribution in [0.4, 0.5) is 11.4 Å². The van der Waals surface area contributed by atoms with E-state index in [1.807, 2.05) is 32.3 Å². The maximum Gasteiger partial charge on any atom is 0.121 e. The number of anilines is 2. The molecule has 0 aliphatic heterocycles. The summed E-state index contributed by atoms with van der Waals surface area (Å²) in [5.74, 6) is 0.792. The first kappa shape index (κ1) is 14.5. The molecule has 2 aromatic rings. The van der Waals surface area contributed by atoms with Crippen LogP contribution in [-0.4, -0.2) is 21.2 Å². The number of methoxy groups -OCH3 is 1. The predicted molar refractivity (Wildman–Crippen MR) is 86.1 cm³/mol. The van der Waals surface area contributed by atoms with E-state index in [9.17, 15) is 0 Å². The molecule has 0 fully saturated rings. The quantitative estimate of drug-likeness (QED) is 0.900. The number of nitrogens with zero attached hydrogens (tertiary/aromatic N) is 1. The molecule has 4 heteroatoms. The number of hydrogen-bond acceptors (Lipinski definition) is 3. The van der Waals surface area contributed by atoms with Crippen LogP contribution in [0.25, 0.3) is 0 Å². The second kappa shape index (κ2) is 6.53. The molecule has 0 heterocycles. The summed E-state index contributed by atoms with van der Waals surface area (Å²) in [5.41, 5.74) is 3.27. The summed E-state index contributed by atoms with van der Waals surface area (Å²) in [6.07, 6.45) is 0. The lowest BCUT2D eigenvalue weighted by atomic mass is 10.2. The molecule has 0 aromatic heterocycles. The van der Waals surface area contributed by atoms with Crippen LogP contribution >= 0.6 is 11.6 Å². The smallest absolute Gasteiger partial charge is 0.121 e. The fourth-order valence-corrected chi connectivity index (χ4v) is 2.06. The van der Waals surface area contributed by atoms with Gasteiger partial charge in [-0.3, -0.25) is 0 Å². The Kier molecular flexibility index (Phi) is 4.74. The Labute approximate surface area is 125 Å². The second-order valence-corrected chi connectivity index (χ2v) is 5.17. The van der Waals surface area contributed by atoms with Gasteiger partial charge in [0, 0.05) is 32.4 Å². The number of benzene rings is 2. The van der Waals surface area contributed by atoms with Gasteiger partial charge in [-0.1, -0.05) is 23.7 Å². The fraction of sp³-hybridized carbons (Fsp3) is 0.250. The number of ether oxygens (including phenoxy) is 1. The van der Waals surface area contributed by atoms with Crippen molar-refractivity contribution in [1.82, 2.24) is 0 Å². The van der Waals surface area contributed by atoms with Gasteiger partial charge in [0.2, 0.25) is 0 Å². The van der Waals surface area contributed by atoms with Crippen molar-refractivity contribution in [2.24, 2.45) is 0 Å². The van der Waals surface area contributed by atoms with Crippen LogP contribution in [0.15, 0.2) is 42.5 Å². The van der Waals surface area contributed by atoms with E-state index in [0.29, 0.717) is 5.02 Å². The highest BCUT2D eigenvalue weighted by atomic mass is 35.5. The Balaban J connectivity index is 2.04. The summed E-state index contributed by atoms with van der Waals surface area (Å²) >= 11 is 6.16. The Morgan fingerprint density at radius 2 is 1.80 bits per heavy atom. The van der Waals surface area contributed by atoms with Gasteiger partial charge in [-0.25, -0.2) is 0 Å². The van der Waals surface area contributed by atoms with E-state index in [4.69, 9.17) is 16.3 Å². The van der Waals surface area contributed by atoms with Crippen LogP contribution in [0.1, 0.15) is 5.56 Å². The van der Waals surface area contributed by atoms with Crippen LogP contribution < -0.4 is 15.0 Å². The first-order chi connectivity index (χ1) is 9.60. The molecule has 0 amide bonds. The maximum atomic E-state index is 6.16. The largest absolute Gasteiger partial charge is 0.497 e. The molecule has 0 saturated heterocycles. The summed E-state index contributed by atoms with van der Waals surface area (Å²) < 4.78 is 5.20. The third-order valence-electron chi connectivity index (χ3n) is 3.11. The van der Waals surface area contributed by atoms with E-state index in [-0.39, 0.29) is 0 Å². The summed E-state index contributed by atoms with van der Waals surface area (Å²) in [6, 6.07) is 14.0. The summed E-state index contributed by atoms with van der Waals surface area (Å²) in [7, 11) is 5.71. The van der Waals surface area contributed by atoms with Crippen molar-refractivity contribution >= 4 is 23.0 Å². The highest BCUT2D eigenvalue weighted by Gasteiger charge is 2.03. The van der Waals surface area contributed by atoms with Crippen LogP contribution in [0.5, 0.6) is 5.75 Å². The van der Waals surface area contributed by atoms with E-state index in [2.05, 4.69) is 34.5 Å².